The van der Waals surface area contributed by atoms with E-state index in [1.54, 1.807) is 6.92 Å². The molecule has 0 amide bonds. The molecule has 0 aliphatic heterocycles. The van der Waals surface area contributed by atoms with Crippen molar-refractivity contribution in [3.63, 3.8) is 0 Å². The highest BCUT2D eigenvalue weighted by molar-refractivity contribution is 5.74. The normalized spacial score (nSPS) is 11.9. The molecule has 0 saturated heterocycles. The summed E-state index contributed by atoms with van der Waals surface area (Å²) in [4.78, 5) is 33.6. The topological polar surface area (TPSA) is 91.4 Å². The second kappa shape index (κ2) is 5.44. The molecule has 7 nitrogen and oxygen atoms in total. The molecule has 1 aromatic rings. The summed E-state index contributed by atoms with van der Waals surface area (Å²) in [6.07, 6.45) is 1.38. The average molecular weight is 254 g/mol. The Hall–Kier alpha value is -2.18. The van der Waals surface area contributed by atoms with Crippen LogP contribution in [-0.4, -0.2) is 22.6 Å². The summed E-state index contributed by atoms with van der Waals surface area (Å²) >= 11 is 0. The fraction of sp³-hybridized carbons (Fsp3) is 0.455. The zero-order valence-corrected chi connectivity index (χ0v) is 10.4. The maximum absolute atomic E-state index is 11.9. The van der Waals surface area contributed by atoms with Crippen LogP contribution in [-0.2, 0) is 9.53 Å². The molecule has 1 aromatic heterocycles. The number of nitrogens with zero attached hydrogens (tertiary/aromatic N) is 2. The number of hydrogen-bond donors (Lipinski definition) is 0. The van der Waals surface area contributed by atoms with Crippen molar-refractivity contribution in [1.82, 2.24) is 4.57 Å². The third-order valence-electron chi connectivity index (χ3n) is 2.61. The number of pyridine rings is 1. The minimum Gasteiger partial charge on any atom is -0.467 e. The molecule has 1 rings (SSSR count). The third-order valence-corrected chi connectivity index (χ3v) is 2.61. The number of carbonyl (C=O) groups is 1. The third kappa shape index (κ3) is 2.55. The fourth-order valence-electron chi connectivity index (χ4n) is 1.67. The maximum atomic E-state index is 11.9. The van der Waals surface area contributed by atoms with Crippen LogP contribution < -0.4 is 5.56 Å². The monoisotopic (exact) mass is 254 g/mol. The molecule has 0 aliphatic rings. The van der Waals surface area contributed by atoms with Gasteiger partial charge in [0, 0.05) is 11.6 Å². The number of aryl methyl sites for hydroxylation is 1. The molecule has 0 radical (unpaired) electrons. The number of aromatic nitrogens is 1. The Morgan fingerprint density at radius 2 is 2.22 bits per heavy atom. The summed E-state index contributed by atoms with van der Waals surface area (Å²) in [5.74, 6) is -0.598. The van der Waals surface area contributed by atoms with E-state index in [1.165, 1.54) is 20.1 Å². The molecule has 0 N–H and O–H groups in total. The largest absolute Gasteiger partial charge is 0.467 e. The summed E-state index contributed by atoms with van der Waals surface area (Å²) in [6.45, 7) is 3.16. The van der Waals surface area contributed by atoms with Crippen LogP contribution in [0.15, 0.2) is 17.1 Å². The number of hydrogen-bond acceptors (Lipinski definition) is 5. The Balaban J connectivity index is 3.42. The lowest BCUT2D eigenvalue weighted by Crippen LogP contribution is -2.31. The van der Waals surface area contributed by atoms with Crippen molar-refractivity contribution in [2.75, 3.05) is 7.11 Å². The van der Waals surface area contributed by atoms with Crippen LogP contribution in [0.3, 0.4) is 0 Å². The van der Waals surface area contributed by atoms with Gasteiger partial charge in [-0.1, -0.05) is 6.92 Å². The number of rotatable bonds is 4. The Morgan fingerprint density at radius 1 is 1.61 bits per heavy atom. The quantitative estimate of drug-likeness (QED) is 0.457. The van der Waals surface area contributed by atoms with Crippen LogP contribution in [0.5, 0.6) is 0 Å². The van der Waals surface area contributed by atoms with Crippen LogP contribution >= 0.6 is 0 Å². The molecule has 7 heteroatoms. The number of nitro groups is 1. The summed E-state index contributed by atoms with van der Waals surface area (Å²) in [5, 5.41) is 10.7. The van der Waals surface area contributed by atoms with Crippen LogP contribution in [0.25, 0.3) is 0 Å². The van der Waals surface area contributed by atoms with Crippen molar-refractivity contribution >= 4 is 11.7 Å². The maximum Gasteiger partial charge on any atom is 0.328 e. The van der Waals surface area contributed by atoms with E-state index in [4.69, 9.17) is 0 Å². The van der Waals surface area contributed by atoms with Gasteiger partial charge in [-0.15, -0.1) is 0 Å². The van der Waals surface area contributed by atoms with Gasteiger partial charge in [0.05, 0.1) is 18.2 Å². The smallest absolute Gasteiger partial charge is 0.328 e. The Morgan fingerprint density at radius 3 is 2.67 bits per heavy atom. The minimum atomic E-state index is -0.846. The van der Waals surface area contributed by atoms with E-state index in [0.717, 1.165) is 10.8 Å². The van der Waals surface area contributed by atoms with Crippen LogP contribution in [0, 0.1) is 17.0 Å². The summed E-state index contributed by atoms with van der Waals surface area (Å²) in [7, 11) is 1.21. The van der Waals surface area contributed by atoms with Crippen molar-refractivity contribution in [2.45, 2.75) is 26.3 Å². The van der Waals surface area contributed by atoms with Gasteiger partial charge in [-0.2, -0.15) is 0 Å². The lowest BCUT2D eigenvalue weighted by molar-refractivity contribution is -0.385. The van der Waals surface area contributed by atoms with Gasteiger partial charge < -0.3 is 4.74 Å². The highest BCUT2D eigenvalue weighted by Gasteiger charge is 2.23. The van der Waals surface area contributed by atoms with Gasteiger partial charge in [-0.3, -0.25) is 19.5 Å². The molecule has 0 aliphatic carbocycles. The predicted molar refractivity (Wildman–Crippen MR) is 63.4 cm³/mol. The molecule has 0 bridgehead atoms. The van der Waals surface area contributed by atoms with Crippen molar-refractivity contribution in [3.8, 4) is 0 Å². The van der Waals surface area contributed by atoms with Gasteiger partial charge in [0.1, 0.15) is 6.04 Å². The second-order valence-corrected chi connectivity index (χ2v) is 3.80. The zero-order valence-electron chi connectivity index (χ0n) is 10.4. The van der Waals surface area contributed by atoms with E-state index >= 15 is 0 Å². The second-order valence-electron chi connectivity index (χ2n) is 3.80. The molecule has 0 spiro atoms. The van der Waals surface area contributed by atoms with E-state index in [1.807, 2.05) is 0 Å². The highest BCUT2D eigenvalue weighted by Crippen LogP contribution is 2.16. The van der Waals surface area contributed by atoms with Crippen molar-refractivity contribution in [2.24, 2.45) is 0 Å². The van der Waals surface area contributed by atoms with Gasteiger partial charge >= 0.3 is 5.97 Å². The molecule has 18 heavy (non-hydrogen) atoms. The molecular formula is C11H14N2O5. The van der Waals surface area contributed by atoms with Gasteiger partial charge in [0.2, 0.25) is 0 Å². The van der Waals surface area contributed by atoms with Gasteiger partial charge in [-0.25, -0.2) is 4.79 Å². The van der Waals surface area contributed by atoms with E-state index in [9.17, 15) is 19.7 Å². The Bertz CT molecular complexity index is 535. The van der Waals surface area contributed by atoms with Crippen LogP contribution in [0.2, 0.25) is 0 Å². The molecule has 0 aromatic carbocycles. The first-order valence-electron chi connectivity index (χ1n) is 5.37. The Labute approximate surface area is 103 Å². The lowest BCUT2D eigenvalue weighted by Gasteiger charge is -2.15. The molecule has 98 valence electrons. The number of carbonyl (C=O) groups excluding carboxylic acids is 1. The lowest BCUT2D eigenvalue weighted by atomic mass is 10.2. The van der Waals surface area contributed by atoms with Crippen LogP contribution in [0.1, 0.15) is 24.9 Å². The van der Waals surface area contributed by atoms with Gasteiger partial charge in [0.25, 0.3) is 11.2 Å². The average Bonchev–Trinajstić information content (AvgIpc) is 2.34. The summed E-state index contributed by atoms with van der Waals surface area (Å²) in [5.41, 5.74) is -0.446. The van der Waals surface area contributed by atoms with Crippen molar-refractivity contribution < 1.29 is 14.5 Å². The summed E-state index contributed by atoms with van der Waals surface area (Å²) < 4.78 is 5.64. The van der Waals surface area contributed by atoms with E-state index < -0.39 is 22.5 Å². The SMILES string of the molecule is CCC(C(=O)OC)n1cc([N+](=O)[O-])cc(C)c1=O. The number of methoxy groups -OCH3 is 1. The highest BCUT2D eigenvalue weighted by atomic mass is 16.6. The molecule has 0 saturated carbocycles. The standard InChI is InChI=1S/C11H14N2O5/c1-4-9(11(15)18-3)12-6-8(13(16)17)5-7(2)10(12)14/h5-6,9H,4H2,1-3H3. The first-order chi connectivity index (χ1) is 8.42. The predicted octanol–water partition coefficient (Wildman–Crippen LogP) is 1.19. The molecule has 1 unspecified atom stereocenters. The fourth-order valence-corrected chi connectivity index (χ4v) is 1.67. The van der Waals surface area contributed by atoms with Crippen molar-refractivity contribution in [1.29, 1.82) is 0 Å². The van der Waals surface area contributed by atoms with Crippen LogP contribution in [0.4, 0.5) is 5.69 Å². The van der Waals surface area contributed by atoms with Crippen molar-refractivity contribution in [3.05, 3.63) is 38.3 Å². The van der Waals surface area contributed by atoms with E-state index in [2.05, 4.69) is 4.74 Å². The molecule has 0 fully saturated rings. The minimum absolute atomic E-state index is 0.214. The first kappa shape index (κ1) is 13.9. The number of ether oxygens (including phenoxy) is 1. The first-order valence-corrected chi connectivity index (χ1v) is 5.37. The van der Waals surface area contributed by atoms with E-state index in [-0.39, 0.29) is 11.3 Å². The Kier molecular flexibility index (Phi) is 4.19. The zero-order chi connectivity index (χ0) is 13.9. The molecule has 1 atom stereocenters. The van der Waals surface area contributed by atoms with Gasteiger partial charge in [-0.05, 0) is 13.3 Å². The molecule has 1 heterocycles. The van der Waals surface area contributed by atoms with E-state index in [0.29, 0.717) is 6.42 Å². The number of esters is 1. The van der Waals surface area contributed by atoms with Gasteiger partial charge in [0.15, 0.2) is 0 Å². The molecular weight excluding hydrogens is 240 g/mol. The summed E-state index contributed by atoms with van der Waals surface area (Å²) in [6, 6.07) is 0.337.